The molecule has 0 aliphatic heterocycles. The standard InChI is InChI=1S/C21H38N4O3S.2C2H2O4/c1-5-23(6-2)15-14-22-21(26)25(17-16-24(7-3)8-4)18-19-29(27,28)20-12-10-9-11-13-20;2*3-1(4)2(5)6/h9-13H,5-8,14-19H2,1-4H3,(H,22,26);2*(H,3,4)(H,5,6). The van der Waals surface area contributed by atoms with Gasteiger partial charge in [0.2, 0.25) is 0 Å². The van der Waals surface area contributed by atoms with Gasteiger partial charge < -0.3 is 40.4 Å². The van der Waals surface area contributed by atoms with E-state index < -0.39 is 33.7 Å². The topological polar surface area (TPSA) is 222 Å². The third kappa shape index (κ3) is 19.0. The lowest BCUT2D eigenvalue weighted by atomic mass is 10.4. The van der Waals surface area contributed by atoms with Gasteiger partial charge in [0.15, 0.2) is 9.84 Å². The van der Waals surface area contributed by atoms with Crippen LogP contribution < -0.4 is 5.32 Å². The molecule has 0 spiro atoms. The second-order valence-corrected chi connectivity index (χ2v) is 10.2. The number of likely N-dealkylation sites (N-methyl/N-ethyl adjacent to an activating group) is 2. The van der Waals surface area contributed by atoms with E-state index in [2.05, 4.69) is 42.8 Å². The van der Waals surface area contributed by atoms with E-state index in [0.29, 0.717) is 18.0 Å². The largest absolute Gasteiger partial charge is 0.473 e. The maximum atomic E-state index is 12.7. The van der Waals surface area contributed by atoms with Gasteiger partial charge in [-0.05, 0) is 38.3 Å². The van der Waals surface area contributed by atoms with E-state index in [9.17, 15) is 13.2 Å². The molecule has 0 unspecified atom stereocenters. The van der Waals surface area contributed by atoms with Crippen molar-refractivity contribution >= 4 is 39.7 Å². The number of nitrogens with zero attached hydrogens (tertiary/aromatic N) is 3. The Hall–Kier alpha value is -3.76. The minimum atomic E-state index is -3.42. The molecule has 1 rings (SSSR count). The maximum absolute atomic E-state index is 12.7. The molecule has 0 atom stereocenters. The SMILES string of the molecule is CCN(CC)CCNC(=O)N(CCN(CC)CC)CCS(=O)(=O)c1ccccc1.O=C(O)C(=O)O.O=C(O)C(=O)O. The van der Waals surface area contributed by atoms with Crippen LogP contribution in [0.1, 0.15) is 27.7 Å². The Morgan fingerprint density at radius 3 is 1.46 bits per heavy atom. The van der Waals surface area contributed by atoms with Crippen molar-refractivity contribution in [2.75, 3.05) is 64.7 Å². The number of sulfone groups is 1. The van der Waals surface area contributed by atoms with Crippen LogP contribution in [0.2, 0.25) is 0 Å². The highest BCUT2D eigenvalue weighted by molar-refractivity contribution is 7.91. The lowest BCUT2D eigenvalue weighted by Gasteiger charge is -2.27. The molecule has 234 valence electrons. The highest BCUT2D eigenvalue weighted by Gasteiger charge is 2.20. The fourth-order valence-corrected chi connectivity index (χ4v) is 4.33. The first-order valence-corrected chi connectivity index (χ1v) is 14.5. The molecule has 41 heavy (non-hydrogen) atoms. The van der Waals surface area contributed by atoms with Gasteiger partial charge >= 0.3 is 29.9 Å². The molecule has 0 saturated carbocycles. The lowest BCUT2D eigenvalue weighted by Crippen LogP contribution is -2.47. The van der Waals surface area contributed by atoms with E-state index in [0.717, 1.165) is 39.3 Å². The van der Waals surface area contributed by atoms with Gasteiger partial charge in [-0.1, -0.05) is 45.9 Å². The minimum Gasteiger partial charge on any atom is -0.473 e. The Balaban J connectivity index is 0. The zero-order chi connectivity index (χ0) is 32.0. The first-order valence-electron chi connectivity index (χ1n) is 12.8. The van der Waals surface area contributed by atoms with E-state index in [1.807, 2.05) is 0 Å². The van der Waals surface area contributed by atoms with Gasteiger partial charge in [-0.3, -0.25) is 0 Å². The molecule has 0 radical (unpaired) electrons. The summed E-state index contributed by atoms with van der Waals surface area (Å²) in [7, 11) is -3.42. The van der Waals surface area contributed by atoms with Crippen LogP contribution in [-0.2, 0) is 29.0 Å². The average Bonchev–Trinajstić information content (AvgIpc) is 2.94. The number of carboxylic acid groups (broad SMARTS) is 4. The van der Waals surface area contributed by atoms with Crippen LogP contribution in [0.15, 0.2) is 35.2 Å². The van der Waals surface area contributed by atoms with Crippen LogP contribution in [0.4, 0.5) is 4.79 Å². The molecule has 0 bridgehead atoms. The normalized spacial score (nSPS) is 10.5. The molecule has 0 aliphatic carbocycles. The van der Waals surface area contributed by atoms with E-state index in [-0.39, 0.29) is 18.3 Å². The van der Waals surface area contributed by atoms with Gasteiger partial charge in [-0.15, -0.1) is 0 Å². The monoisotopic (exact) mass is 606 g/mol. The maximum Gasteiger partial charge on any atom is 0.414 e. The molecule has 0 aliphatic rings. The zero-order valence-corrected chi connectivity index (χ0v) is 24.7. The number of amides is 2. The number of rotatable bonds is 14. The molecule has 0 aromatic heterocycles. The number of nitrogens with one attached hydrogen (secondary N) is 1. The van der Waals surface area contributed by atoms with Crippen molar-refractivity contribution in [3.63, 3.8) is 0 Å². The first kappa shape index (κ1) is 39.4. The fraction of sp³-hybridized carbons (Fsp3) is 0.560. The predicted molar refractivity (Wildman–Crippen MR) is 150 cm³/mol. The first-order chi connectivity index (χ1) is 19.2. The van der Waals surface area contributed by atoms with Crippen LogP contribution >= 0.6 is 0 Å². The van der Waals surface area contributed by atoms with Crippen molar-refractivity contribution in [2.24, 2.45) is 0 Å². The summed E-state index contributed by atoms with van der Waals surface area (Å²) in [5.41, 5.74) is 0. The molecule has 2 amide bonds. The number of urea groups is 1. The van der Waals surface area contributed by atoms with Crippen molar-refractivity contribution in [1.29, 1.82) is 0 Å². The van der Waals surface area contributed by atoms with Crippen molar-refractivity contribution in [3.05, 3.63) is 30.3 Å². The van der Waals surface area contributed by atoms with Gasteiger partial charge in [0, 0.05) is 32.7 Å². The van der Waals surface area contributed by atoms with Crippen molar-refractivity contribution in [1.82, 2.24) is 20.0 Å². The Kier molecular flexibility index (Phi) is 21.1. The van der Waals surface area contributed by atoms with E-state index in [4.69, 9.17) is 39.6 Å². The van der Waals surface area contributed by atoms with Gasteiger partial charge in [-0.25, -0.2) is 32.4 Å². The van der Waals surface area contributed by atoms with Crippen LogP contribution in [0.25, 0.3) is 0 Å². The van der Waals surface area contributed by atoms with Gasteiger partial charge in [-0.2, -0.15) is 0 Å². The Morgan fingerprint density at radius 2 is 1.07 bits per heavy atom. The molecule has 0 saturated heterocycles. The van der Waals surface area contributed by atoms with E-state index in [1.54, 1.807) is 35.2 Å². The Labute approximate surface area is 240 Å². The van der Waals surface area contributed by atoms with Crippen LogP contribution in [-0.4, -0.2) is 138 Å². The molecular formula is C25H42N4O11S. The molecule has 15 nitrogen and oxygen atoms in total. The summed E-state index contributed by atoms with van der Waals surface area (Å²) in [4.78, 5) is 55.5. The second-order valence-electron chi connectivity index (χ2n) is 8.13. The summed E-state index contributed by atoms with van der Waals surface area (Å²) in [6, 6.07) is 8.21. The lowest BCUT2D eigenvalue weighted by molar-refractivity contribution is -0.159. The highest BCUT2D eigenvalue weighted by atomic mass is 32.2. The van der Waals surface area contributed by atoms with Crippen molar-refractivity contribution < 1.29 is 52.8 Å². The molecule has 1 aromatic rings. The molecule has 1 aromatic carbocycles. The summed E-state index contributed by atoms with van der Waals surface area (Å²) in [5.74, 6) is -7.38. The molecule has 16 heteroatoms. The van der Waals surface area contributed by atoms with E-state index in [1.165, 1.54) is 0 Å². The molecule has 5 N–H and O–H groups in total. The quantitative estimate of drug-likeness (QED) is 0.182. The Morgan fingerprint density at radius 1 is 0.659 bits per heavy atom. The highest BCUT2D eigenvalue weighted by Crippen LogP contribution is 2.10. The molecule has 0 heterocycles. The second kappa shape index (κ2) is 22.0. The minimum absolute atomic E-state index is 0.0846. The number of aliphatic carboxylic acids is 4. The average molecular weight is 607 g/mol. The predicted octanol–water partition coefficient (Wildman–Crippen LogP) is 0.467. The zero-order valence-electron chi connectivity index (χ0n) is 23.9. The summed E-state index contributed by atoms with van der Waals surface area (Å²) < 4.78 is 25.2. The fourth-order valence-electron chi connectivity index (χ4n) is 3.07. The van der Waals surface area contributed by atoms with Gasteiger partial charge in [0.05, 0.1) is 10.6 Å². The third-order valence-electron chi connectivity index (χ3n) is 5.56. The number of carbonyl (C=O) groups is 5. The summed E-state index contributed by atoms with van der Waals surface area (Å²) >= 11 is 0. The summed E-state index contributed by atoms with van der Waals surface area (Å²) in [5, 5.41) is 32.5. The smallest absolute Gasteiger partial charge is 0.414 e. The summed E-state index contributed by atoms with van der Waals surface area (Å²) in [6.07, 6.45) is 0. The number of carboxylic acids is 4. The van der Waals surface area contributed by atoms with Crippen molar-refractivity contribution in [3.8, 4) is 0 Å². The van der Waals surface area contributed by atoms with Gasteiger partial charge in [0.25, 0.3) is 0 Å². The van der Waals surface area contributed by atoms with Gasteiger partial charge in [0.1, 0.15) is 0 Å². The number of carbonyl (C=O) groups excluding carboxylic acids is 1. The number of hydrogen-bond donors (Lipinski definition) is 5. The van der Waals surface area contributed by atoms with E-state index >= 15 is 0 Å². The van der Waals surface area contributed by atoms with Crippen LogP contribution in [0, 0.1) is 0 Å². The summed E-state index contributed by atoms with van der Waals surface area (Å²) in [6.45, 7) is 14.8. The number of hydrogen-bond acceptors (Lipinski definition) is 9. The number of benzene rings is 1. The van der Waals surface area contributed by atoms with Crippen LogP contribution in [0.5, 0.6) is 0 Å². The molecular weight excluding hydrogens is 564 g/mol. The molecule has 0 fully saturated rings. The van der Waals surface area contributed by atoms with Crippen LogP contribution in [0.3, 0.4) is 0 Å². The Bertz CT molecular complexity index is 997. The van der Waals surface area contributed by atoms with Crippen molar-refractivity contribution in [2.45, 2.75) is 32.6 Å². The third-order valence-corrected chi connectivity index (χ3v) is 7.28.